The highest BCUT2D eigenvalue weighted by Crippen LogP contribution is 2.68. The summed E-state index contributed by atoms with van der Waals surface area (Å²) in [4.78, 5) is 30.3. The van der Waals surface area contributed by atoms with Crippen LogP contribution in [0.5, 0.6) is 5.75 Å². The number of pyridine rings is 1. The fourth-order valence-electron chi connectivity index (χ4n) is 9.44. The molecule has 6 rings (SSSR count). The molecule has 2 unspecified atom stereocenters. The van der Waals surface area contributed by atoms with E-state index in [-0.39, 0.29) is 28.7 Å². The second-order valence-corrected chi connectivity index (χ2v) is 17.9. The van der Waals surface area contributed by atoms with Crippen molar-refractivity contribution in [2.45, 2.75) is 122 Å². The average Bonchev–Trinajstić information content (AvgIpc) is 3.00. The van der Waals surface area contributed by atoms with E-state index in [1.165, 1.54) is 6.92 Å². The summed E-state index contributed by atoms with van der Waals surface area (Å²) in [5.74, 6) is -0.419. The lowest BCUT2D eigenvalue weighted by Gasteiger charge is -2.68. The van der Waals surface area contributed by atoms with Gasteiger partial charge in [-0.05, 0) is 61.7 Å². The van der Waals surface area contributed by atoms with E-state index in [0.29, 0.717) is 24.4 Å². The van der Waals surface area contributed by atoms with Crippen molar-refractivity contribution >= 4 is 14.5 Å². The molecule has 2 aromatic heterocycles. The number of rotatable bonds is 8. The molecule has 0 aromatic carbocycles. The van der Waals surface area contributed by atoms with Crippen LogP contribution >= 0.6 is 0 Å². The van der Waals surface area contributed by atoms with Crippen LogP contribution in [0.4, 0.5) is 0 Å². The largest absolute Gasteiger partial charge is 0.482 e. The number of carbonyl (C=O) groups excluding carboxylic acids is 1. The second kappa shape index (κ2) is 11.9. The van der Waals surface area contributed by atoms with Gasteiger partial charge < -0.3 is 27.8 Å². The number of esters is 1. The number of unbranched alkanes of at least 4 members (excludes halogenated alkanes) is 2. The molecule has 2 aliphatic heterocycles. The minimum absolute atomic E-state index is 0.0166. The fourth-order valence-corrected chi connectivity index (χ4v) is 13.5. The minimum atomic E-state index is -2.37. The summed E-state index contributed by atoms with van der Waals surface area (Å²) < 4.78 is 32.7. The monoisotopic (exact) mass is 639 g/mol. The smallest absolute Gasteiger partial charge is 0.345 e. The van der Waals surface area contributed by atoms with Crippen LogP contribution in [-0.2, 0) is 18.4 Å². The lowest BCUT2D eigenvalue weighted by atomic mass is 9.42. The van der Waals surface area contributed by atoms with E-state index in [2.05, 4.69) is 32.7 Å². The maximum absolute atomic E-state index is 13.6. The Bertz CT molecular complexity index is 1460. The van der Waals surface area contributed by atoms with Gasteiger partial charge in [0.25, 0.3) is 0 Å². The second-order valence-electron chi connectivity index (χ2n) is 14.6. The molecule has 2 aliphatic carbocycles. The maximum Gasteiger partial charge on any atom is 0.345 e. The van der Waals surface area contributed by atoms with E-state index in [1.807, 2.05) is 6.92 Å². The molecule has 10 heteroatoms. The molecule has 0 amide bonds. The van der Waals surface area contributed by atoms with E-state index in [4.69, 9.17) is 22.7 Å². The third kappa shape index (κ3) is 5.29. The number of aliphatic hydroxyl groups is 1. The normalized spacial score (nSPS) is 36.5. The molecule has 1 saturated heterocycles. The van der Waals surface area contributed by atoms with Gasteiger partial charge in [-0.3, -0.25) is 9.78 Å². The molecule has 3 fully saturated rings. The number of fused-ring (bicyclic) bond motifs is 6. The Morgan fingerprint density at radius 2 is 1.89 bits per heavy atom. The number of aliphatic hydroxyl groups excluding tert-OH is 1. The quantitative estimate of drug-likeness (QED) is 0.248. The highest BCUT2D eigenvalue weighted by Gasteiger charge is 2.71. The Labute approximate surface area is 267 Å². The molecule has 246 valence electrons. The Hall–Kier alpha value is -2.53. The van der Waals surface area contributed by atoms with E-state index in [0.717, 1.165) is 50.6 Å². The molecule has 2 saturated carbocycles. The summed E-state index contributed by atoms with van der Waals surface area (Å²) in [5, 5.41) is 12.2. The Kier molecular flexibility index (Phi) is 8.59. The number of aromatic nitrogens is 1. The summed E-state index contributed by atoms with van der Waals surface area (Å²) in [6.07, 6.45) is 8.01. The van der Waals surface area contributed by atoms with Crippen molar-refractivity contribution < 1.29 is 32.6 Å². The van der Waals surface area contributed by atoms with Crippen molar-refractivity contribution in [3.63, 3.8) is 0 Å². The van der Waals surface area contributed by atoms with Crippen LogP contribution in [0.2, 0.25) is 12.1 Å². The van der Waals surface area contributed by atoms with E-state index >= 15 is 0 Å². The Morgan fingerprint density at radius 3 is 2.53 bits per heavy atom. The minimum Gasteiger partial charge on any atom is -0.482 e. The first-order valence-electron chi connectivity index (χ1n) is 16.9. The van der Waals surface area contributed by atoms with Crippen LogP contribution in [0.3, 0.4) is 0 Å². The zero-order valence-corrected chi connectivity index (χ0v) is 28.6. The van der Waals surface area contributed by atoms with Gasteiger partial charge in [-0.1, -0.05) is 53.4 Å². The van der Waals surface area contributed by atoms with Gasteiger partial charge in [0.15, 0.2) is 0 Å². The average molecular weight is 640 g/mol. The van der Waals surface area contributed by atoms with Gasteiger partial charge in [0.1, 0.15) is 28.8 Å². The van der Waals surface area contributed by atoms with Gasteiger partial charge in [0.2, 0.25) is 0 Å². The number of ether oxygens (including phenoxy) is 2. The number of hydrogen-bond donors (Lipinski definition) is 1. The van der Waals surface area contributed by atoms with E-state index in [9.17, 15) is 14.7 Å². The van der Waals surface area contributed by atoms with Gasteiger partial charge in [-0.2, -0.15) is 0 Å². The summed E-state index contributed by atoms with van der Waals surface area (Å²) >= 11 is 0. The molecule has 2 aromatic rings. The highest BCUT2D eigenvalue weighted by molar-refractivity contribution is 6.67. The van der Waals surface area contributed by atoms with Crippen LogP contribution in [0.1, 0.15) is 98.2 Å². The third-order valence-electron chi connectivity index (χ3n) is 11.7. The van der Waals surface area contributed by atoms with Crippen molar-refractivity contribution in [1.29, 1.82) is 0 Å². The standard InChI is InChI=1S/C35H49NO8Si/c1-7-9-16-45(17-10-8-2)40-21-34(5)26-19-28(41-22(3)37)35(6)31(33(26,4)14-13-27(34)44-45)30(38)29-25(43-35)18-24(42-32(29)39)23-12-11-15-36-20-23/h11-12,15,18,20,26-28,30-31,38H,7-10,13-14,16-17,19,21H2,1-6H3/t26?,27-,28-,30-,31?,33-,34-,35+/m0/s1. The Morgan fingerprint density at radius 1 is 1.16 bits per heavy atom. The summed E-state index contributed by atoms with van der Waals surface area (Å²) in [5.41, 5.74) is -1.83. The van der Waals surface area contributed by atoms with Gasteiger partial charge >= 0.3 is 20.2 Å². The molecule has 0 radical (unpaired) electrons. The predicted octanol–water partition coefficient (Wildman–Crippen LogP) is 6.72. The van der Waals surface area contributed by atoms with Crippen molar-refractivity contribution in [2.75, 3.05) is 6.61 Å². The van der Waals surface area contributed by atoms with Gasteiger partial charge in [-0.25, -0.2) is 4.79 Å². The van der Waals surface area contributed by atoms with Crippen LogP contribution in [0.15, 0.2) is 39.8 Å². The third-order valence-corrected chi connectivity index (χ3v) is 15.3. The van der Waals surface area contributed by atoms with Crippen LogP contribution in [0.25, 0.3) is 11.3 Å². The van der Waals surface area contributed by atoms with Crippen molar-refractivity contribution in [3.8, 4) is 17.1 Å². The summed E-state index contributed by atoms with van der Waals surface area (Å²) in [7, 11) is -2.37. The van der Waals surface area contributed by atoms with Crippen molar-refractivity contribution in [3.05, 3.63) is 46.6 Å². The first kappa shape index (κ1) is 32.4. The van der Waals surface area contributed by atoms with Crippen LogP contribution in [-0.4, -0.2) is 49.0 Å². The zero-order valence-electron chi connectivity index (χ0n) is 27.6. The first-order valence-corrected chi connectivity index (χ1v) is 19.1. The fraction of sp³-hybridized carbons (Fsp3) is 0.686. The number of carbonyl (C=O) groups is 1. The molecular formula is C35H49NO8Si. The molecule has 4 heterocycles. The van der Waals surface area contributed by atoms with Crippen LogP contribution < -0.4 is 10.4 Å². The van der Waals surface area contributed by atoms with Gasteiger partial charge in [-0.15, -0.1) is 0 Å². The van der Waals surface area contributed by atoms with Gasteiger partial charge in [0, 0.05) is 48.9 Å². The first-order chi connectivity index (χ1) is 21.4. The van der Waals surface area contributed by atoms with Crippen molar-refractivity contribution in [1.82, 2.24) is 4.98 Å². The molecule has 8 atom stereocenters. The number of nitrogens with zero attached hydrogens (tertiary/aromatic N) is 1. The molecular weight excluding hydrogens is 590 g/mol. The van der Waals surface area contributed by atoms with Crippen molar-refractivity contribution in [2.24, 2.45) is 22.7 Å². The summed E-state index contributed by atoms with van der Waals surface area (Å²) in [6.45, 7) is 12.8. The molecule has 1 N–H and O–H groups in total. The lowest BCUT2D eigenvalue weighted by molar-refractivity contribution is -0.273. The topological polar surface area (TPSA) is 117 Å². The molecule has 0 bridgehead atoms. The SMILES string of the molecule is CCCC[Si]1(CCCC)OC[C@@]2(C)C3C[C@H](OC(C)=O)[C@@]4(C)Oc5cc(-c6cccnc6)oc(=O)c5[C@H](O)C4[C@@]3(C)CC[C@@H]2O1. The molecule has 4 aliphatic rings. The van der Waals surface area contributed by atoms with Gasteiger partial charge in [0.05, 0.1) is 12.2 Å². The number of hydrogen-bond acceptors (Lipinski definition) is 9. The Balaban J connectivity index is 1.40. The van der Waals surface area contributed by atoms with E-state index < -0.39 is 49.3 Å². The summed E-state index contributed by atoms with van der Waals surface area (Å²) in [6, 6.07) is 7.22. The zero-order chi connectivity index (χ0) is 32.2. The van der Waals surface area contributed by atoms with E-state index in [1.54, 1.807) is 30.6 Å². The lowest BCUT2D eigenvalue weighted by Crippen LogP contribution is -2.73. The molecule has 45 heavy (non-hydrogen) atoms. The molecule has 0 spiro atoms. The molecule has 9 nitrogen and oxygen atoms in total. The highest BCUT2D eigenvalue weighted by atomic mass is 28.4. The maximum atomic E-state index is 13.6. The van der Waals surface area contributed by atoms with Crippen LogP contribution in [0, 0.1) is 22.7 Å². The predicted molar refractivity (Wildman–Crippen MR) is 171 cm³/mol.